The molecule has 2 aromatic heterocycles. The monoisotopic (exact) mass is 387 g/mol. The maximum absolute atomic E-state index is 10.1. The summed E-state index contributed by atoms with van der Waals surface area (Å²) >= 11 is 13.6. The fraction of sp³-hybridized carbons (Fsp3) is 0. The summed E-state index contributed by atoms with van der Waals surface area (Å²) in [6.07, 6.45) is 0. The molecular formula is C18H11Cl2N3OS. The van der Waals surface area contributed by atoms with Crippen LogP contribution in [0.4, 0.5) is 11.5 Å². The average Bonchev–Trinajstić information content (AvgIpc) is 3.03. The predicted molar refractivity (Wildman–Crippen MR) is 104 cm³/mol. The molecule has 0 atom stereocenters. The van der Waals surface area contributed by atoms with E-state index in [1.54, 1.807) is 12.1 Å². The van der Waals surface area contributed by atoms with E-state index < -0.39 is 0 Å². The molecule has 2 aromatic carbocycles. The van der Waals surface area contributed by atoms with E-state index in [4.69, 9.17) is 23.2 Å². The number of fused-ring (bicyclic) bond motifs is 1. The molecule has 2 heterocycles. The molecule has 0 amide bonds. The van der Waals surface area contributed by atoms with Crippen molar-refractivity contribution in [3.63, 3.8) is 0 Å². The van der Waals surface area contributed by atoms with Gasteiger partial charge in [-0.25, -0.2) is 4.98 Å². The third-order valence-corrected chi connectivity index (χ3v) is 4.98. The number of nitrogens with zero attached hydrogens (tertiary/aromatic N) is 2. The Bertz CT molecular complexity index is 1070. The first-order valence-electron chi connectivity index (χ1n) is 7.37. The zero-order chi connectivity index (χ0) is 17.4. The van der Waals surface area contributed by atoms with Gasteiger partial charge in [0.1, 0.15) is 16.4 Å². The number of halogens is 2. The van der Waals surface area contributed by atoms with E-state index in [1.165, 1.54) is 17.4 Å². The molecule has 0 spiro atoms. The van der Waals surface area contributed by atoms with E-state index in [0.29, 0.717) is 16.5 Å². The first kappa shape index (κ1) is 16.1. The highest BCUT2D eigenvalue weighted by molar-refractivity contribution is 7.17. The van der Waals surface area contributed by atoms with Crippen molar-refractivity contribution in [3.8, 4) is 16.9 Å². The van der Waals surface area contributed by atoms with Crippen molar-refractivity contribution < 1.29 is 5.11 Å². The lowest BCUT2D eigenvalue weighted by Gasteiger charge is -2.11. The lowest BCUT2D eigenvalue weighted by atomic mass is 10.1. The van der Waals surface area contributed by atoms with Crippen LogP contribution in [0.25, 0.3) is 21.3 Å². The molecule has 124 valence electrons. The fourth-order valence-electron chi connectivity index (χ4n) is 2.57. The highest BCUT2D eigenvalue weighted by Crippen LogP contribution is 2.39. The molecule has 2 N–H and O–H groups in total. The third kappa shape index (κ3) is 3.14. The molecule has 0 unspecified atom stereocenters. The first-order valence-corrected chi connectivity index (χ1v) is 9.01. The second-order valence-electron chi connectivity index (χ2n) is 5.32. The Morgan fingerprint density at radius 3 is 2.60 bits per heavy atom. The molecule has 0 saturated carbocycles. The van der Waals surface area contributed by atoms with Crippen LogP contribution in [-0.4, -0.2) is 15.1 Å². The van der Waals surface area contributed by atoms with Crippen molar-refractivity contribution in [2.75, 3.05) is 5.32 Å². The molecule has 25 heavy (non-hydrogen) atoms. The van der Waals surface area contributed by atoms with Crippen molar-refractivity contribution >= 4 is 56.3 Å². The largest absolute Gasteiger partial charge is 0.506 e. The zero-order valence-electron chi connectivity index (χ0n) is 12.7. The van der Waals surface area contributed by atoms with Crippen LogP contribution in [-0.2, 0) is 0 Å². The second kappa shape index (κ2) is 6.52. The number of aromatic hydroxyl groups is 1. The summed E-state index contributed by atoms with van der Waals surface area (Å²) in [7, 11) is 0. The van der Waals surface area contributed by atoms with Gasteiger partial charge in [-0.2, -0.15) is 4.98 Å². The number of thiophene rings is 1. The minimum atomic E-state index is 0.0729. The molecule has 7 heteroatoms. The number of rotatable bonds is 3. The maximum Gasteiger partial charge on any atom is 0.225 e. The number of nitrogens with one attached hydrogen (secondary N) is 1. The Kier molecular flexibility index (Phi) is 4.21. The maximum atomic E-state index is 10.1. The van der Waals surface area contributed by atoms with Crippen LogP contribution < -0.4 is 5.32 Å². The summed E-state index contributed by atoms with van der Waals surface area (Å²) in [6, 6.07) is 14.7. The van der Waals surface area contributed by atoms with E-state index in [2.05, 4.69) is 15.3 Å². The van der Waals surface area contributed by atoms with Gasteiger partial charge in [-0.1, -0.05) is 41.9 Å². The van der Waals surface area contributed by atoms with Crippen molar-refractivity contribution in [1.29, 1.82) is 0 Å². The molecular weight excluding hydrogens is 377 g/mol. The van der Waals surface area contributed by atoms with Gasteiger partial charge < -0.3 is 10.4 Å². The normalized spacial score (nSPS) is 11.0. The number of aromatic nitrogens is 2. The van der Waals surface area contributed by atoms with Gasteiger partial charge in [0, 0.05) is 16.0 Å². The fourth-order valence-corrected chi connectivity index (χ4v) is 3.91. The summed E-state index contributed by atoms with van der Waals surface area (Å²) in [4.78, 5) is 9.40. The van der Waals surface area contributed by atoms with Gasteiger partial charge in [0.05, 0.1) is 11.1 Å². The van der Waals surface area contributed by atoms with Crippen molar-refractivity contribution in [3.05, 3.63) is 64.2 Å². The van der Waals surface area contributed by atoms with Crippen LogP contribution in [0, 0.1) is 0 Å². The average molecular weight is 388 g/mol. The van der Waals surface area contributed by atoms with E-state index in [1.807, 2.05) is 35.7 Å². The topological polar surface area (TPSA) is 58.0 Å². The zero-order valence-corrected chi connectivity index (χ0v) is 15.0. The number of anilines is 2. The highest BCUT2D eigenvalue weighted by Gasteiger charge is 2.16. The number of hydrogen-bond acceptors (Lipinski definition) is 5. The second-order valence-corrected chi connectivity index (χ2v) is 6.96. The first-order chi connectivity index (χ1) is 12.1. The van der Waals surface area contributed by atoms with E-state index in [-0.39, 0.29) is 11.0 Å². The minimum absolute atomic E-state index is 0.0729. The Morgan fingerprint density at radius 1 is 1.00 bits per heavy atom. The SMILES string of the molecule is Oc1ccc(Cl)cc1Nc1nc(Cl)nc2scc(-c3ccccc3)c12. The molecule has 4 aromatic rings. The molecule has 0 aliphatic carbocycles. The number of benzene rings is 2. The Labute approximate surface area is 157 Å². The standard InChI is InChI=1S/C18H11Cl2N3OS/c19-11-6-7-14(24)13(8-11)21-16-15-12(10-4-2-1-3-5-10)9-25-17(15)23-18(20)22-16/h1-9,24H,(H,21,22,23). The van der Waals surface area contributed by atoms with Crippen LogP contribution in [0.3, 0.4) is 0 Å². The van der Waals surface area contributed by atoms with E-state index >= 15 is 0 Å². The van der Waals surface area contributed by atoms with Crippen LogP contribution in [0.15, 0.2) is 53.9 Å². The number of phenolic OH excluding ortho intramolecular Hbond substituents is 1. The van der Waals surface area contributed by atoms with Gasteiger partial charge in [-0.05, 0) is 35.4 Å². The summed E-state index contributed by atoms with van der Waals surface area (Å²) in [5.74, 6) is 0.594. The van der Waals surface area contributed by atoms with Gasteiger partial charge in [0.25, 0.3) is 0 Å². The molecule has 0 aliphatic rings. The minimum Gasteiger partial charge on any atom is -0.506 e. The quantitative estimate of drug-likeness (QED) is 0.328. The van der Waals surface area contributed by atoms with Crippen LogP contribution in [0.5, 0.6) is 5.75 Å². The molecule has 0 aliphatic heterocycles. The van der Waals surface area contributed by atoms with Crippen molar-refractivity contribution in [2.24, 2.45) is 0 Å². The predicted octanol–water partition coefficient (Wildman–Crippen LogP) is 6.11. The number of hydrogen-bond donors (Lipinski definition) is 2. The Morgan fingerprint density at radius 2 is 1.80 bits per heavy atom. The summed E-state index contributed by atoms with van der Waals surface area (Å²) in [5, 5.41) is 16.7. The smallest absolute Gasteiger partial charge is 0.225 e. The van der Waals surface area contributed by atoms with Crippen LogP contribution >= 0.6 is 34.5 Å². The molecule has 0 bridgehead atoms. The summed E-state index contributed by atoms with van der Waals surface area (Å²) in [5.41, 5.74) is 2.51. The van der Waals surface area contributed by atoms with Gasteiger partial charge in [-0.3, -0.25) is 0 Å². The van der Waals surface area contributed by atoms with E-state index in [9.17, 15) is 5.11 Å². The van der Waals surface area contributed by atoms with Gasteiger partial charge in [0.15, 0.2) is 0 Å². The van der Waals surface area contributed by atoms with E-state index in [0.717, 1.165) is 21.3 Å². The third-order valence-electron chi connectivity index (χ3n) is 3.70. The molecule has 0 radical (unpaired) electrons. The summed E-state index contributed by atoms with van der Waals surface area (Å²) < 4.78 is 0. The molecule has 0 fully saturated rings. The highest BCUT2D eigenvalue weighted by atomic mass is 35.5. The lowest BCUT2D eigenvalue weighted by molar-refractivity contribution is 0.478. The lowest BCUT2D eigenvalue weighted by Crippen LogP contribution is -1.97. The van der Waals surface area contributed by atoms with Crippen LogP contribution in [0.1, 0.15) is 0 Å². The Balaban J connectivity index is 1.91. The van der Waals surface area contributed by atoms with Gasteiger partial charge in [0.2, 0.25) is 5.28 Å². The molecule has 4 nitrogen and oxygen atoms in total. The van der Waals surface area contributed by atoms with Crippen molar-refractivity contribution in [2.45, 2.75) is 0 Å². The molecule has 0 saturated heterocycles. The van der Waals surface area contributed by atoms with Gasteiger partial charge in [-0.15, -0.1) is 11.3 Å². The van der Waals surface area contributed by atoms with Gasteiger partial charge >= 0.3 is 0 Å². The summed E-state index contributed by atoms with van der Waals surface area (Å²) in [6.45, 7) is 0. The van der Waals surface area contributed by atoms with Crippen LogP contribution in [0.2, 0.25) is 10.3 Å². The number of phenols is 1. The van der Waals surface area contributed by atoms with Crippen molar-refractivity contribution in [1.82, 2.24) is 9.97 Å². The molecule has 4 rings (SSSR count). The Hall–Kier alpha value is -2.34.